The third kappa shape index (κ3) is 4.77. The number of aromatic amines is 1. The van der Waals surface area contributed by atoms with Crippen molar-refractivity contribution in [1.29, 1.82) is 0 Å². The van der Waals surface area contributed by atoms with Crippen LogP contribution in [0.5, 0.6) is 0 Å². The van der Waals surface area contributed by atoms with Gasteiger partial charge in [-0.05, 0) is 47.6 Å². The Kier molecular flexibility index (Phi) is 6.99. The van der Waals surface area contributed by atoms with Crippen molar-refractivity contribution < 1.29 is 19.2 Å². The molecule has 0 spiro atoms. The summed E-state index contributed by atoms with van der Waals surface area (Å²) in [6, 6.07) is 7.37. The Hall–Kier alpha value is -3.16. The summed E-state index contributed by atoms with van der Waals surface area (Å²) in [4.78, 5) is 56.7. The topological polar surface area (TPSA) is 111 Å². The minimum Gasteiger partial charge on any atom is -0.351 e. The minimum atomic E-state index is -0.758. The highest BCUT2D eigenvalue weighted by atomic mass is 16.2. The first-order valence-corrected chi connectivity index (χ1v) is 12.9. The quantitative estimate of drug-likeness (QED) is 0.465. The summed E-state index contributed by atoms with van der Waals surface area (Å²) < 4.78 is 0. The van der Waals surface area contributed by atoms with E-state index in [4.69, 9.17) is 0 Å². The summed E-state index contributed by atoms with van der Waals surface area (Å²) in [5.41, 5.74) is 1.19. The Morgan fingerprint density at radius 2 is 1.83 bits per heavy atom. The lowest BCUT2D eigenvalue weighted by Crippen LogP contribution is -2.57. The molecule has 5 atom stereocenters. The van der Waals surface area contributed by atoms with Crippen molar-refractivity contribution in [2.75, 3.05) is 6.54 Å². The summed E-state index contributed by atoms with van der Waals surface area (Å²) in [7, 11) is 0. The van der Waals surface area contributed by atoms with Gasteiger partial charge in [0, 0.05) is 17.4 Å². The van der Waals surface area contributed by atoms with Crippen LogP contribution in [0.4, 0.5) is 0 Å². The number of aldehydes is 1. The molecule has 36 heavy (non-hydrogen) atoms. The van der Waals surface area contributed by atoms with Crippen LogP contribution in [0.2, 0.25) is 0 Å². The summed E-state index contributed by atoms with van der Waals surface area (Å²) >= 11 is 0. The number of hydrogen-bond donors (Lipinski definition) is 3. The maximum Gasteiger partial charge on any atom is 0.268 e. The standard InChI is InChI=1S/C28H38N4O4/c1-15(2)11-21(30-25(34)20-12-17-9-7-8-10-19(17)29-20)27(36)32-13-18-23(28(18,5)6)24(32)26(35)31-22(14-33)16(3)4/h7-10,12,14-16,18,21-24,29H,11,13H2,1-6H3,(H,30,34)(H,31,35)/t18-,21-,22+,23-,24-/m0/s1. The number of likely N-dealkylation sites (tertiary alicyclic amines) is 1. The van der Waals surface area contributed by atoms with E-state index in [1.165, 1.54) is 0 Å². The number of benzene rings is 1. The number of carbonyl (C=O) groups excluding carboxylic acids is 4. The van der Waals surface area contributed by atoms with Crippen molar-refractivity contribution in [3.8, 4) is 0 Å². The second-order valence-corrected chi connectivity index (χ2v) is 11.7. The van der Waals surface area contributed by atoms with E-state index < -0.39 is 18.1 Å². The molecule has 8 heteroatoms. The number of nitrogens with zero attached hydrogens (tertiary/aromatic N) is 1. The van der Waals surface area contributed by atoms with Crippen LogP contribution in [-0.2, 0) is 14.4 Å². The number of nitrogens with one attached hydrogen (secondary N) is 3. The first-order valence-electron chi connectivity index (χ1n) is 12.9. The zero-order valence-electron chi connectivity index (χ0n) is 22.0. The van der Waals surface area contributed by atoms with E-state index in [1.807, 2.05) is 52.0 Å². The van der Waals surface area contributed by atoms with Crippen LogP contribution in [0.3, 0.4) is 0 Å². The molecule has 2 aliphatic rings. The third-order valence-electron chi connectivity index (χ3n) is 8.02. The van der Waals surface area contributed by atoms with Crippen LogP contribution in [0.1, 0.15) is 58.5 Å². The molecule has 0 bridgehead atoms. The summed E-state index contributed by atoms with van der Waals surface area (Å²) in [6.07, 6.45) is 1.21. The number of rotatable bonds is 9. The Labute approximate surface area is 212 Å². The Morgan fingerprint density at radius 1 is 1.14 bits per heavy atom. The van der Waals surface area contributed by atoms with Crippen molar-refractivity contribution >= 4 is 34.9 Å². The highest BCUT2D eigenvalue weighted by Crippen LogP contribution is 2.64. The lowest BCUT2D eigenvalue weighted by molar-refractivity contribution is -0.142. The molecule has 1 aromatic heterocycles. The van der Waals surface area contributed by atoms with E-state index >= 15 is 0 Å². The molecule has 2 fully saturated rings. The second kappa shape index (κ2) is 9.71. The van der Waals surface area contributed by atoms with Crippen LogP contribution in [-0.4, -0.2) is 58.6 Å². The Morgan fingerprint density at radius 3 is 2.44 bits per heavy atom. The largest absolute Gasteiger partial charge is 0.351 e. The number of fused-ring (bicyclic) bond motifs is 2. The highest BCUT2D eigenvalue weighted by molar-refractivity contribution is 6.01. The van der Waals surface area contributed by atoms with E-state index in [1.54, 1.807) is 11.0 Å². The molecule has 3 amide bonds. The molecule has 1 saturated heterocycles. The molecule has 8 nitrogen and oxygen atoms in total. The van der Waals surface area contributed by atoms with Gasteiger partial charge in [0.1, 0.15) is 24.1 Å². The van der Waals surface area contributed by atoms with Gasteiger partial charge in [-0.1, -0.05) is 59.7 Å². The van der Waals surface area contributed by atoms with Crippen molar-refractivity contribution in [2.24, 2.45) is 29.1 Å². The Bertz CT molecular complexity index is 1130. The van der Waals surface area contributed by atoms with E-state index in [0.29, 0.717) is 18.7 Å². The van der Waals surface area contributed by atoms with Crippen molar-refractivity contribution in [1.82, 2.24) is 20.5 Å². The molecular weight excluding hydrogens is 456 g/mol. The average molecular weight is 495 g/mol. The first-order chi connectivity index (χ1) is 16.9. The van der Waals surface area contributed by atoms with E-state index in [2.05, 4.69) is 29.5 Å². The second-order valence-electron chi connectivity index (χ2n) is 11.7. The monoisotopic (exact) mass is 494 g/mol. The fourth-order valence-corrected chi connectivity index (χ4v) is 5.75. The minimum absolute atomic E-state index is 0.0324. The molecule has 0 unspecified atom stereocenters. The number of H-pyrrole nitrogens is 1. The lowest BCUT2D eigenvalue weighted by Gasteiger charge is -2.34. The van der Waals surface area contributed by atoms with Crippen LogP contribution >= 0.6 is 0 Å². The molecule has 2 heterocycles. The van der Waals surface area contributed by atoms with Gasteiger partial charge in [-0.3, -0.25) is 14.4 Å². The van der Waals surface area contributed by atoms with Crippen LogP contribution in [0.15, 0.2) is 30.3 Å². The summed E-state index contributed by atoms with van der Waals surface area (Å²) in [5, 5.41) is 6.71. The molecule has 1 aliphatic carbocycles. The Balaban J connectivity index is 1.56. The van der Waals surface area contributed by atoms with Gasteiger partial charge in [0.05, 0.1) is 6.04 Å². The highest BCUT2D eigenvalue weighted by Gasteiger charge is 2.69. The van der Waals surface area contributed by atoms with Gasteiger partial charge in [0.2, 0.25) is 11.8 Å². The van der Waals surface area contributed by atoms with E-state index in [9.17, 15) is 19.2 Å². The maximum absolute atomic E-state index is 13.9. The smallest absolute Gasteiger partial charge is 0.268 e. The number of hydrogen-bond acceptors (Lipinski definition) is 4. The van der Waals surface area contributed by atoms with E-state index in [0.717, 1.165) is 17.2 Å². The van der Waals surface area contributed by atoms with Gasteiger partial charge in [-0.2, -0.15) is 0 Å². The number of aromatic nitrogens is 1. The zero-order chi connectivity index (χ0) is 26.4. The molecule has 0 radical (unpaired) electrons. The fraction of sp³-hybridized carbons (Fsp3) is 0.571. The summed E-state index contributed by atoms with van der Waals surface area (Å²) in [5.74, 6) is -0.537. The average Bonchev–Trinajstić information content (AvgIpc) is 3.21. The predicted molar refractivity (Wildman–Crippen MR) is 138 cm³/mol. The van der Waals surface area contributed by atoms with Crippen molar-refractivity contribution in [3.05, 3.63) is 36.0 Å². The lowest BCUT2D eigenvalue weighted by atomic mass is 9.97. The third-order valence-corrected chi connectivity index (χ3v) is 8.02. The van der Waals surface area contributed by atoms with Gasteiger partial charge < -0.3 is 25.3 Å². The van der Waals surface area contributed by atoms with Crippen LogP contribution in [0.25, 0.3) is 10.9 Å². The molecule has 3 N–H and O–H groups in total. The van der Waals surface area contributed by atoms with Gasteiger partial charge >= 0.3 is 0 Å². The van der Waals surface area contributed by atoms with Gasteiger partial charge in [0.15, 0.2) is 0 Å². The van der Waals surface area contributed by atoms with Crippen molar-refractivity contribution in [3.63, 3.8) is 0 Å². The molecule has 4 rings (SSSR count). The SMILES string of the molecule is CC(C)C[C@H](NC(=O)c1cc2ccccc2[nH]1)C(=O)N1C[C@H]2[C@@H]([C@H]1C(=O)N[C@H](C=O)C(C)C)C2(C)C. The summed E-state index contributed by atoms with van der Waals surface area (Å²) in [6.45, 7) is 12.5. The first kappa shape index (κ1) is 25.9. The van der Waals surface area contributed by atoms with E-state index in [-0.39, 0.29) is 46.8 Å². The normalized spacial score (nSPS) is 23.9. The molecule has 2 aromatic rings. The number of amides is 3. The van der Waals surface area contributed by atoms with Crippen LogP contribution < -0.4 is 10.6 Å². The molecular formula is C28H38N4O4. The fourth-order valence-electron chi connectivity index (χ4n) is 5.75. The maximum atomic E-state index is 13.9. The number of para-hydroxylation sites is 1. The molecule has 1 aliphatic heterocycles. The van der Waals surface area contributed by atoms with Gasteiger partial charge in [-0.15, -0.1) is 0 Å². The predicted octanol–water partition coefficient (Wildman–Crippen LogP) is 3.14. The molecule has 194 valence electrons. The van der Waals surface area contributed by atoms with Crippen LogP contribution in [0, 0.1) is 29.1 Å². The molecule has 1 saturated carbocycles. The van der Waals surface area contributed by atoms with Crippen molar-refractivity contribution in [2.45, 2.75) is 66.1 Å². The number of carbonyl (C=O) groups is 4. The zero-order valence-corrected chi connectivity index (χ0v) is 22.0. The molecule has 1 aromatic carbocycles. The van der Waals surface area contributed by atoms with Gasteiger partial charge in [-0.25, -0.2) is 0 Å². The van der Waals surface area contributed by atoms with Gasteiger partial charge in [0.25, 0.3) is 5.91 Å². The number of piperidine rings is 1.